The summed E-state index contributed by atoms with van der Waals surface area (Å²) in [5.74, 6) is 0.149. The third kappa shape index (κ3) is 1.89. The van der Waals surface area contributed by atoms with Crippen molar-refractivity contribution in [2.45, 2.75) is 33.7 Å². The molecule has 80 valence electrons. The van der Waals surface area contributed by atoms with Crippen LogP contribution in [0.1, 0.15) is 30.5 Å². The van der Waals surface area contributed by atoms with Crippen molar-refractivity contribution in [1.82, 2.24) is 5.32 Å². The summed E-state index contributed by atoms with van der Waals surface area (Å²) in [6.07, 6.45) is 0.828. The molecule has 0 unspecified atom stereocenters. The van der Waals surface area contributed by atoms with E-state index in [2.05, 4.69) is 30.4 Å². The number of aryl methyl sites for hydroxylation is 1. The molecule has 1 heterocycles. The van der Waals surface area contributed by atoms with Gasteiger partial charge < -0.3 is 5.32 Å². The normalized spacial score (nSPS) is 19.0. The summed E-state index contributed by atoms with van der Waals surface area (Å²) in [4.78, 5) is 11.8. The van der Waals surface area contributed by atoms with E-state index in [1.54, 1.807) is 0 Å². The van der Waals surface area contributed by atoms with Crippen LogP contribution >= 0.6 is 0 Å². The van der Waals surface area contributed by atoms with Crippen LogP contribution in [-0.4, -0.2) is 5.91 Å². The summed E-state index contributed by atoms with van der Waals surface area (Å²) >= 11 is 0. The lowest BCUT2D eigenvalue weighted by molar-refractivity contribution is -0.129. The second kappa shape index (κ2) is 3.37. The maximum absolute atomic E-state index is 11.8. The molecule has 0 fully saturated rings. The van der Waals surface area contributed by atoms with Gasteiger partial charge in [0.15, 0.2) is 0 Å². The molecule has 0 saturated heterocycles. The molecule has 2 nitrogen and oxygen atoms in total. The summed E-state index contributed by atoms with van der Waals surface area (Å²) in [5.41, 5.74) is 3.51. The van der Waals surface area contributed by atoms with Crippen molar-refractivity contribution in [3.05, 3.63) is 34.9 Å². The zero-order valence-corrected chi connectivity index (χ0v) is 9.55. The van der Waals surface area contributed by atoms with Crippen LogP contribution in [0.5, 0.6) is 0 Å². The van der Waals surface area contributed by atoms with Crippen LogP contribution < -0.4 is 5.32 Å². The maximum atomic E-state index is 11.8. The van der Waals surface area contributed by atoms with Crippen LogP contribution in [0.15, 0.2) is 18.2 Å². The minimum Gasteiger partial charge on any atom is -0.352 e. The smallest absolute Gasteiger partial charge is 0.226 e. The topological polar surface area (TPSA) is 29.1 Å². The molecule has 1 aromatic carbocycles. The molecule has 0 aliphatic carbocycles. The monoisotopic (exact) mass is 203 g/mol. The van der Waals surface area contributed by atoms with E-state index in [4.69, 9.17) is 0 Å². The summed E-state index contributed by atoms with van der Waals surface area (Å²) in [6, 6.07) is 6.43. The van der Waals surface area contributed by atoms with Gasteiger partial charge in [0.25, 0.3) is 0 Å². The molecule has 15 heavy (non-hydrogen) atoms. The van der Waals surface area contributed by atoms with Crippen molar-refractivity contribution in [2.75, 3.05) is 0 Å². The van der Waals surface area contributed by atoms with E-state index in [-0.39, 0.29) is 11.3 Å². The van der Waals surface area contributed by atoms with Crippen LogP contribution in [0.2, 0.25) is 0 Å². The summed E-state index contributed by atoms with van der Waals surface area (Å²) in [6.45, 7) is 6.74. The van der Waals surface area contributed by atoms with Gasteiger partial charge in [-0.2, -0.15) is 0 Å². The average Bonchev–Trinajstić information content (AvgIpc) is 2.26. The Morgan fingerprint density at radius 3 is 2.73 bits per heavy atom. The van der Waals surface area contributed by atoms with E-state index >= 15 is 0 Å². The maximum Gasteiger partial charge on any atom is 0.226 e. The van der Waals surface area contributed by atoms with Gasteiger partial charge in [-0.15, -0.1) is 0 Å². The van der Waals surface area contributed by atoms with Crippen molar-refractivity contribution >= 4 is 5.91 Å². The Morgan fingerprint density at radius 1 is 1.27 bits per heavy atom. The standard InChI is InChI=1S/C13H17NO/c1-9-4-5-10-7-13(2,3)12(15)14-8-11(10)6-9/h4-6H,7-8H2,1-3H3,(H,14,15). The molecular formula is C13H17NO. The zero-order valence-electron chi connectivity index (χ0n) is 9.55. The predicted octanol–water partition coefficient (Wildman–Crippen LogP) is 2.19. The van der Waals surface area contributed by atoms with Gasteiger partial charge in [0.1, 0.15) is 0 Å². The first kappa shape index (κ1) is 10.2. The van der Waals surface area contributed by atoms with Crippen LogP contribution in [-0.2, 0) is 17.8 Å². The Hall–Kier alpha value is -1.31. The molecule has 1 aliphatic heterocycles. The minimum absolute atomic E-state index is 0.149. The van der Waals surface area contributed by atoms with Crippen LogP contribution in [0.3, 0.4) is 0 Å². The Morgan fingerprint density at radius 2 is 2.00 bits per heavy atom. The predicted molar refractivity (Wildman–Crippen MR) is 60.5 cm³/mol. The Balaban J connectivity index is 2.43. The number of amides is 1. The lowest BCUT2D eigenvalue weighted by Crippen LogP contribution is -2.35. The number of hydrogen-bond acceptors (Lipinski definition) is 1. The van der Waals surface area contributed by atoms with Crippen molar-refractivity contribution in [3.63, 3.8) is 0 Å². The molecule has 0 spiro atoms. The number of carbonyl (C=O) groups is 1. The summed E-state index contributed by atoms with van der Waals surface area (Å²) in [7, 11) is 0. The van der Waals surface area contributed by atoms with Gasteiger partial charge >= 0.3 is 0 Å². The fourth-order valence-corrected chi connectivity index (χ4v) is 2.06. The molecule has 0 atom stereocenters. The van der Waals surface area contributed by atoms with Crippen molar-refractivity contribution < 1.29 is 4.79 Å². The Labute approximate surface area is 90.7 Å². The van der Waals surface area contributed by atoms with Crippen LogP contribution in [0.25, 0.3) is 0 Å². The number of fused-ring (bicyclic) bond motifs is 1. The molecule has 1 N–H and O–H groups in total. The highest BCUT2D eigenvalue weighted by molar-refractivity contribution is 5.82. The van der Waals surface area contributed by atoms with E-state index in [0.717, 1.165) is 6.42 Å². The second-order valence-corrected chi connectivity index (χ2v) is 5.02. The number of benzene rings is 1. The van der Waals surface area contributed by atoms with Crippen molar-refractivity contribution in [1.29, 1.82) is 0 Å². The molecule has 0 aromatic heterocycles. The highest BCUT2D eigenvalue weighted by atomic mass is 16.2. The van der Waals surface area contributed by atoms with Gasteiger partial charge in [-0.3, -0.25) is 4.79 Å². The van der Waals surface area contributed by atoms with E-state index in [0.29, 0.717) is 6.54 Å². The van der Waals surface area contributed by atoms with Gasteiger partial charge in [0.05, 0.1) is 0 Å². The third-order valence-corrected chi connectivity index (χ3v) is 3.05. The van der Waals surface area contributed by atoms with Crippen molar-refractivity contribution in [3.8, 4) is 0 Å². The van der Waals surface area contributed by atoms with Gasteiger partial charge in [-0.25, -0.2) is 0 Å². The highest BCUT2D eigenvalue weighted by Crippen LogP contribution is 2.27. The van der Waals surface area contributed by atoms with Gasteiger partial charge in [0.2, 0.25) is 5.91 Å². The SMILES string of the molecule is Cc1ccc2c(c1)CNC(=O)C(C)(C)C2. The Bertz CT molecular complexity index is 407. The first-order valence-corrected chi connectivity index (χ1v) is 5.36. The van der Waals surface area contributed by atoms with Crippen LogP contribution in [0.4, 0.5) is 0 Å². The van der Waals surface area contributed by atoms with E-state index in [1.807, 2.05) is 13.8 Å². The molecule has 1 amide bonds. The number of rotatable bonds is 0. The van der Waals surface area contributed by atoms with Crippen molar-refractivity contribution in [2.24, 2.45) is 5.41 Å². The minimum atomic E-state index is -0.291. The van der Waals surface area contributed by atoms with E-state index < -0.39 is 0 Å². The number of hydrogen-bond donors (Lipinski definition) is 1. The fourth-order valence-electron chi connectivity index (χ4n) is 2.06. The van der Waals surface area contributed by atoms with E-state index in [9.17, 15) is 4.79 Å². The Kier molecular flexibility index (Phi) is 2.29. The van der Waals surface area contributed by atoms with Gasteiger partial charge in [-0.05, 0) is 24.5 Å². The van der Waals surface area contributed by atoms with Gasteiger partial charge in [0, 0.05) is 12.0 Å². The molecule has 2 rings (SSSR count). The number of carbonyl (C=O) groups excluding carboxylic acids is 1. The molecule has 0 saturated carbocycles. The van der Waals surface area contributed by atoms with Crippen LogP contribution in [0, 0.1) is 12.3 Å². The highest BCUT2D eigenvalue weighted by Gasteiger charge is 2.30. The third-order valence-electron chi connectivity index (χ3n) is 3.05. The lowest BCUT2D eigenvalue weighted by Gasteiger charge is -2.20. The molecule has 2 heteroatoms. The number of nitrogens with one attached hydrogen (secondary N) is 1. The quantitative estimate of drug-likeness (QED) is 0.688. The molecule has 1 aromatic rings. The average molecular weight is 203 g/mol. The second-order valence-electron chi connectivity index (χ2n) is 5.02. The molecular weight excluding hydrogens is 186 g/mol. The molecule has 0 radical (unpaired) electrons. The largest absolute Gasteiger partial charge is 0.352 e. The lowest BCUT2D eigenvalue weighted by atomic mass is 9.84. The zero-order chi connectivity index (χ0) is 11.1. The summed E-state index contributed by atoms with van der Waals surface area (Å²) < 4.78 is 0. The molecule has 0 bridgehead atoms. The fraction of sp³-hybridized carbons (Fsp3) is 0.462. The van der Waals surface area contributed by atoms with Gasteiger partial charge in [-0.1, -0.05) is 37.6 Å². The first-order chi connectivity index (χ1) is 6.99. The van der Waals surface area contributed by atoms with E-state index in [1.165, 1.54) is 16.7 Å². The first-order valence-electron chi connectivity index (χ1n) is 5.36. The molecule has 1 aliphatic rings. The summed E-state index contributed by atoms with van der Waals surface area (Å²) in [5, 5.41) is 2.98.